The largest absolute Gasteiger partial charge is 0.383 e. The fourth-order valence-electron chi connectivity index (χ4n) is 1.82. The van der Waals surface area contributed by atoms with Crippen molar-refractivity contribution in [3.05, 3.63) is 69.8 Å². The molecule has 0 aliphatic carbocycles. The number of nitrogens with zero attached hydrogens (tertiary/aromatic N) is 3. The molecule has 126 valence electrons. The highest BCUT2D eigenvalue weighted by atomic mass is 16.6. The van der Waals surface area contributed by atoms with Crippen LogP contribution in [0.4, 0.5) is 11.4 Å². The van der Waals surface area contributed by atoms with E-state index in [2.05, 4.69) is 10.5 Å². The van der Waals surface area contributed by atoms with Gasteiger partial charge in [-0.15, -0.1) is 0 Å². The van der Waals surface area contributed by atoms with Crippen molar-refractivity contribution in [1.29, 1.82) is 5.26 Å². The number of nitro benzene ring substituents is 1. The Bertz CT molecular complexity index is 840. The van der Waals surface area contributed by atoms with E-state index in [0.29, 0.717) is 16.8 Å². The van der Waals surface area contributed by atoms with Crippen molar-refractivity contribution in [3.63, 3.8) is 0 Å². The zero-order valence-electron chi connectivity index (χ0n) is 13.2. The maximum absolute atomic E-state index is 12.0. The Labute approximate surface area is 143 Å². The minimum atomic E-state index is -0.870. The van der Waals surface area contributed by atoms with E-state index in [-0.39, 0.29) is 5.69 Å². The maximum atomic E-state index is 12.0. The predicted octanol–water partition coefficient (Wildman–Crippen LogP) is 2.84. The van der Waals surface area contributed by atoms with Crippen LogP contribution in [0.2, 0.25) is 0 Å². The summed E-state index contributed by atoms with van der Waals surface area (Å²) in [5, 5.41) is 25.7. The van der Waals surface area contributed by atoms with Crippen LogP contribution < -0.4 is 5.32 Å². The number of rotatable bonds is 6. The molecule has 0 radical (unpaired) electrons. The van der Waals surface area contributed by atoms with Crippen LogP contribution >= 0.6 is 0 Å². The lowest BCUT2D eigenvalue weighted by molar-refractivity contribution is -0.384. The van der Waals surface area contributed by atoms with Gasteiger partial charge in [-0.1, -0.05) is 17.3 Å². The van der Waals surface area contributed by atoms with Crippen LogP contribution in [-0.2, 0) is 9.63 Å². The number of anilines is 1. The molecule has 0 aromatic heterocycles. The third-order valence-electron chi connectivity index (χ3n) is 3.15. The van der Waals surface area contributed by atoms with Gasteiger partial charge in [-0.3, -0.25) is 14.9 Å². The van der Waals surface area contributed by atoms with Crippen molar-refractivity contribution in [1.82, 2.24) is 0 Å². The van der Waals surface area contributed by atoms with Gasteiger partial charge < -0.3 is 10.2 Å². The molecule has 1 unspecified atom stereocenters. The van der Waals surface area contributed by atoms with E-state index in [1.807, 2.05) is 6.07 Å². The second kappa shape index (κ2) is 8.21. The molecule has 1 N–H and O–H groups in total. The molecule has 2 aromatic carbocycles. The van der Waals surface area contributed by atoms with E-state index in [9.17, 15) is 14.9 Å². The van der Waals surface area contributed by atoms with Gasteiger partial charge in [0.25, 0.3) is 11.6 Å². The number of hydrogen-bond acceptors (Lipinski definition) is 6. The van der Waals surface area contributed by atoms with Gasteiger partial charge in [-0.2, -0.15) is 5.26 Å². The molecule has 1 amide bonds. The van der Waals surface area contributed by atoms with Gasteiger partial charge in [0.2, 0.25) is 6.10 Å². The first-order valence-electron chi connectivity index (χ1n) is 7.24. The average Bonchev–Trinajstić information content (AvgIpc) is 2.62. The fourth-order valence-corrected chi connectivity index (χ4v) is 1.82. The Morgan fingerprint density at radius 3 is 2.72 bits per heavy atom. The van der Waals surface area contributed by atoms with Crippen molar-refractivity contribution >= 4 is 23.5 Å². The SMILES string of the molecule is CC(ON=Cc1cccc([N+](=O)[O-])c1)C(=O)Nc1ccc(C#N)cc1. The average molecular weight is 338 g/mol. The Kier molecular flexibility index (Phi) is 5.79. The van der Waals surface area contributed by atoms with E-state index in [1.165, 1.54) is 31.3 Å². The van der Waals surface area contributed by atoms with Gasteiger partial charge in [0, 0.05) is 23.4 Å². The van der Waals surface area contributed by atoms with Crippen LogP contribution in [0.1, 0.15) is 18.1 Å². The Hall–Kier alpha value is -3.73. The summed E-state index contributed by atoms with van der Waals surface area (Å²) in [4.78, 5) is 27.2. The van der Waals surface area contributed by atoms with Crippen LogP contribution in [0.5, 0.6) is 0 Å². The highest BCUT2D eigenvalue weighted by molar-refractivity contribution is 5.94. The lowest BCUT2D eigenvalue weighted by Crippen LogP contribution is -2.26. The smallest absolute Gasteiger partial charge is 0.270 e. The number of carbonyl (C=O) groups is 1. The molecule has 1 atom stereocenters. The molecule has 25 heavy (non-hydrogen) atoms. The molecule has 0 saturated carbocycles. The number of nitriles is 1. The molecule has 0 spiro atoms. The van der Waals surface area contributed by atoms with Crippen molar-refractivity contribution in [2.24, 2.45) is 5.16 Å². The van der Waals surface area contributed by atoms with Gasteiger partial charge in [0.05, 0.1) is 22.8 Å². The summed E-state index contributed by atoms with van der Waals surface area (Å²) >= 11 is 0. The van der Waals surface area contributed by atoms with Gasteiger partial charge >= 0.3 is 0 Å². The second-order valence-electron chi connectivity index (χ2n) is 5.01. The summed E-state index contributed by atoms with van der Waals surface area (Å²) in [6.45, 7) is 1.52. The van der Waals surface area contributed by atoms with Gasteiger partial charge in [-0.05, 0) is 31.2 Å². The monoisotopic (exact) mass is 338 g/mol. The van der Waals surface area contributed by atoms with Gasteiger partial charge in [0.1, 0.15) is 0 Å². The van der Waals surface area contributed by atoms with Crippen molar-refractivity contribution < 1.29 is 14.6 Å². The Morgan fingerprint density at radius 2 is 2.08 bits per heavy atom. The van der Waals surface area contributed by atoms with E-state index in [0.717, 1.165) is 0 Å². The Morgan fingerprint density at radius 1 is 1.36 bits per heavy atom. The highest BCUT2D eigenvalue weighted by Gasteiger charge is 2.14. The highest BCUT2D eigenvalue weighted by Crippen LogP contribution is 2.12. The molecule has 2 rings (SSSR count). The molecule has 8 nitrogen and oxygen atoms in total. The lowest BCUT2D eigenvalue weighted by Gasteiger charge is -2.10. The van der Waals surface area contributed by atoms with Crippen molar-refractivity contribution in [3.8, 4) is 6.07 Å². The number of oxime groups is 1. The molecule has 0 aliphatic rings. The van der Waals surface area contributed by atoms with E-state index in [1.54, 1.807) is 30.3 Å². The third kappa shape index (κ3) is 5.14. The number of amides is 1. The summed E-state index contributed by atoms with van der Waals surface area (Å²) in [5.74, 6) is -0.416. The molecule has 0 saturated heterocycles. The van der Waals surface area contributed by atoms with Crippen LogP contribution in [0.25, 0.3) is 0 Å². The van der Waals surface area contributed by atoms with Crippen LogP contribution in [0, 0.1) is 21.4 Å². The van der Waals surface area contributed by atoms with Gasteiger partial charge in [0.15, 0.2) is 0 Å². The molecule has 0 fully saturated rings. The molecular formula is C17H14N4O4. The second-order valence-corrected chi connectivity index (χ2v) is 5.01. The minimum absolute atomic E-state index is 0.0597. The maximum Gasteiger partial charge on any atom is 0.270 e. The van der Waals surface area contributed by atoms with Crippen LogP contribution in [0.3, 0.4) is 0 Å². The topological polar surface area (TPSA) is 118 Å². The molecular weight excluding hydrogens is 324 g/mol. The van der Waals surface area contributed by atoms with Crippen LogP contribution in [0.15, 0.2) is 53.7 Å². The standard InChI is InChI=1S/C17H14N4O4/c1-12(17(22)20-15-7-5-13(10-18)6-8-15)25-19-11-14-3-2-4-16(9-14)21(23)24/h2-9,11-12H,1H3,(H,20,22). The zero-order chi connectivity index (χ0) is 18.2. The fraction of sp³-hybridized carbons (Fsp3) is 0.118. The first kappa shape index (κ1) is 17.6. The van der Waals surface area contributed by atoms with Crippen molar-refractivity contribution in [2.45, 2.75) is 13.0 Å². The van der Waals surface area contributed by atoms with E-state index < -0.39 is 16.9 Å². The Balaban J connectivity index is 1.91. The predicted molar refractivity (Wildman–Crippen MR) is 91.0 cm³/mol. The lowest BCUT2D eigenvalue weighted by atomic mass is 10.2. The molecule has 0 aliphatic heterocycles. The summed E-state index contributed by atoms with van der Waals surface area (Å²) < 4.78 is 0. The van der Waals surface area contributed by atoms with Crippen LogP contribution in [-0.4, -0.2) is 23.1 Å². The molecule has 8 heteroatoms. The number of nitro groups is 1. The number of carbonyl (C=O) groups excluding carboxylic acids is 1. The summed E-state index contributed by atoms with van der Waals surface area (Å²) in [7, 11) is 0. The molecule has 0 heterocycles. The number of nitrogens with one attached hydrogen (secondary N) is 1. The van der Waals surface area contributed by atoms with Gasteiger partial charge in [-0.25, -0.2) is 0 Å². The van der Waals surface area contributed by atoms with E-state index >= 15 is 0 Å². The number of non-ortho nitro benzene ring substituents is 1. The third-order valence-corrected chi connectivity index (χ3v) is 3.15. The number of hydrogen-bond donors (Lipinski definition) is 1. The van der Waals surface area contributed by atoms with E-state index in [4.69, 9.17) is 10.1 Å². The quantitative estimate of drug-likeness (QED) is 0.493. The first-order valence-corrected chi connectivity index (χ1v) is 7.24. The molecule has 2 aromatic rings. The zero-order valence-corrected chi connectivity index (χ0v) is 13.2. The number of benzene rings is 2. The summed E-state index contributed by atoms with van der Waals surface area (Å²) in [5.41, 5.74) is 1.44. The normalized spacial score (nSPS) is 11.5. The summed E-state index contributed by atoms with van der Waals surface area (Å²) in [6.07, 6.45) is 0.420. The molecule has 0 bridgehead atoms. The minimum Gasteiger partial charge on any atom is -0.383 e. The summed E-state index contributed by atoms with van der Waals surface area (Å²) in [6, 6.07) is 14.2. The van der Waals surface area contributed by atoms with Crippen molar-refractivity contribution in [2.75, 3.05) is 5.32 Å². The first-order chi connectivity index (χ1) is 12.0.